The fourth-order valence-electron chi connectivity index (χ4n) is 11.5. The molecule has 0 amide bonds. The smallest absolute Gasteiger partial charge is 0.252 e. The van der Waals surface area contributed by atoms with Crippen molar-refractivity contribution in [2.24, 2.45) is 0 Å². The standard InChI is InChI=1S/C62H67BN2/c1-39-31-54-56-55(32-39)65(57-46(40-21-17-15-18-22-40)33-44(60(8,9)10)34-47(57)41-23-19-16-20-24-41)53-37-49-48(61(11,12)38-62(49,13)14)36-51(53)63(56)50-35-43(59(5,6)7)27-30-52(50)64(54)45-28-25-42(26-29-45)58(2,3)4/h15-37H,38H2,1-14H3/i1D3. The van der Waals surface area contributed by atoms with Gasteiger partial charge in [-0.25, -0.2) is 0 Å². The van der Waals surface area contributed by atoms with Crippen molar-refractivity contribution in [1.29, 1.82) is 0 Å². The molecule has 0 aromatic heterocycles. The van der Waals surface area contributed by atoms with Gasteiger partial charge in [0, 0.05) is 43.7 Å². The van der Waals surface area contributed by atoms with E-state index in [2.05, 4.69) is 227 Å². The zero-order chi connectivity index (χ0) is 48.7. The van der Waals surface area contributed by atoms with Gasteiger partial charge in [0.15, 0.2) is 0 Å². The molecule has 0 unspecified atom stereocenters. The number of hydrogen-bond donors (Lipinski definition) is 0. The average molecular weight is 854 g/mol. The summed E-state index contributed by atoms with van der Waals surface area (Å²) in [5.74, 6) is 0. The summed E-state index contributed by atoms with van der Waals surface area (Å²) in [5, 5.41) is 0. The Bertz CT molecular complexity index is 3060. The minimum Gasteiger partial charge on any atom is -0.311 e. The van der Waals surface area contributed by atoms with E-state index in [0.717, 1.165) is 68.3 Å². The molecular formula is C62H67BN2. The van der Waals surface area contributed by atoms with Gasteiger partial charge in [0.25, 0.3) is 6.71 Å². The maximum absolute atomic E-state index is 9.20. The van der Waals surface area contributed by atoms with Gasteiger partial charge in [-0.2, -0.15) is 0 Å². The van der Waals surface area contributed by atoms with E-state index in [1.807, 2.05) is 12.1 Å². The number of benzene rings is 7. The fourth-order valence-corrected chi connectivity index (χ4v) is 11.5. The molecule has 0 fully saturated rings. The van der Waals surface area contributed by atoms with Crippen LogP contribution in [-0.2, 0) is 27.1 Å². The van der Waals surface area contributed by atoms with Crippen LogP contribution in [0.25, 0.3) is 22.3 Å². The zero-order valence-corrected chi connectivity index (χ0v) is 41.0. The maximum atomic E-state index is 9.20. The first-order chi connectivity index (χ1) is 31.7. The summed E-state index contributed by atoms with van der Waals surface area (Å²) < 4.78 is 27.6. The molecule has 2 heterocycles. The summed E-state index contributed by atoms with van der Waals surface area (Å²) in [6.45, 7) is 27.6. The topological polar surface area (TPSA) is 6.48 Å². The second-order valence-corrected chi connectivity index (χ2v) is 23.7. The highest BCUT2D eigenvalue weighted by Crippen LogP contribution is 2.55. The Morgan fingerprint density at radius 3 is 1.49 bits per heavy atom. The average Bonchev–Trinajstić information content (AvgIpc) is 3.45. The van der Waals surface area contributed by atoms with E-state index in [1.165, 1.54) is 38.7 Å². The van der Waals surface area contributed by atoms with Crippen LogP contribution in [0, 0.1) is 6.85 Å². The Balaban J connectivity index is 1.42. The first-order valence-electron chi connectivity index (χ1n) is 25.3. The molecule has 0 bridgehead atoms. The Morgan fingerprint density at radius 1 is 0.477 bits per heavy atom. The Morgan fingerprint density at radius 2 is 0.969 bits per heavy atom. The highest BCUT2D eigenvalue weighted by molar-refractivity contribution is 7.00. The monoisotopic (exact) mass is 854 g/mol. The zero-order valence-electron chi connectivity index (χ0n) is 44.0. The number of rotatable bonds is 4. The van der Waals surface area contributed by atoms with Gasteiger partial charge in [-0.3, -0.25) is 0 Å². The maximum Gasteiger partial charge on any atom is 0.252 e. The number of aryl methyl sites for hydroxylation is 1. The number of anilines is 6. The minimum atomic E-state index is -2.39. The van der Waals surface area contributed by atoms with Crippen LogP contribution in [0.15, 0.2) is 140 Å². The minimum absolute atomic E-state index is 0.0341. The molecule has 7 aromatic rings. The second kappa shape index (κ2) is 14.6. The lowest BCUT2D eigenvalue weighted by Crippen LogP contribution is -2.61. The molecule has 328 valence electrons. The highest BCUT2D eigenvalue weighted by Gasteiger charge is 2.49. The van der Waals surface area contributed by atoms with Gasteiger partial charge in [0.1, 0.15) is 0 Å². The second-order valence-electron chi connectivity index (χ2n) is 23.7. The van der Waals surface area contributed by atoms with E-state index in [9.17, 15) is 4.11 Å². The molecule has 2 aliphatic heterocycles. The molecule has 0 saturated carbocycles. The summed E-state index contributed by atoms with van der Waals surface area (Å²) in [7, 11) is 0. The van der Waals surface area contributed by atoms with Crippen LogP contribution in [0.2, 0.25) is 0 Å². The molecule has 3 heteroatoms. The van der Waals surface area contributed by atoms with Gasteiger partial charge < -0.3 is 9.80 Å². The summed E-state index contributed by atoms with van der Waals surface area (Å²) in [6, 6.07) is 51.5. The van der Waals surface area contributed by atoms with Crippen molar-refractivity contribution in [1.82, 2.24) is 0 Å². The first-order valence-corrected chi connectivity index (χ1v) is 23.8. The molecule has 2 nitrogen and oxygen atoms in total. The number of nitrogens with zero attached hydrogens (tertiary/aromatic N) is 2. The van der Waals surface area contributed by atoms with Gasteiger partial charge in [-0.1, -0.05) is 181 Å². The molecule has 0 atom stereocenters. The third-order valence-corrected chi connectivity index (χ3v) is 14.8. The van der Waals surface area contributed by atoms with Gasteiger partial charge in [0.2, 0.25) is 0 Å². The number of fused-ring (bicyclic) bond motifs is 5. The van der Waals surface area contributed by atoms with Crippen molar-refractivity contribution in [3.8, 4) is 22.3 Å². The molecule has 0 radical (unpaired) electrons. The summed E-state index contributed by atoms with van der Waals surface area (Å²) in [5.41, 5.74) is 20.5. The predicted octanol–water partition coefficient (Wildman–Crippen LogP) is 15.3. The molecule has 10 rings (SSSR count). The molecule has 7 aromatic carbocycles. The van der Waals surface area contributed by atoms with Crippen LogP contribution in [0.5, 0.6) is 0 Å². The van der Waals surface area contributed by atoms with Crippen LogP contribution < -0.4 is 26.2 Å². The highest BCUT2D eigenvalue weighted by atomic mass is 15.2. The quantitative estimate of drug-likeness (QED) is 0.163. The van der Waals surface area contributed by atoms with Crippen molar-refractivity contribution in [3.05, 3.63) is 173 Å². The lowest BCUT2D eigenvalue weighted by atomic mass is 9.33. The lowest BCUT2D eigenvalue weighted by molar-refractivity contribution is 0.403. The van der Waals surface area contributed by atoms with E-state index in [1.54, 1.807) is 0 Å². The van der Waals surface area contributed by atoms with Crippen LogP contribution >= 0.6 is 0 Å². The summed E-state index contributed by atoms with van der Waals surface area (Å²) in [6.07, 6.45) is 1.03. The lowest BCUT2D eigenvalue weighted by Gasteiger charge is -2.46. The Labute approximate surface area is 395 Å². The molecule has 3 aliphatic rings. The molecule has 0 spiro atoms. The fraction of sp³-hybridized carbons (Fsp3) is 0.323. The van der Waals surface area contributed by atoms with Crippen molar-refractivity contribution in [2.45, 2.75) is 130 Å². The largest absolute Gasteiger partial charge is 0.311 e. The molecule has 65 heavy (non-hydrogen) atoms. The van der Waals surface area contributed by atoms with Crippen molar-refractivity contribution < 1.29 is 4.11 Å². The van der Waals surface area contributed by atoms with Crippen LogP contribution in [0.3, 0.4) is 0 Å². The third-order valence-electron chi connectivity index (χ3n) is 14.8. The van der Waals surface area contributed by atoms with Crippen LogP contribution in [0.4, 0.5) is 34.1 Å². The number of hydrogen-bond acceptors (Lipinski definition) is 2. The predicted molar refractivity (Wildman–Crippen MR) is 283 cm³/mol. The van der Waals surface area contributed by atoms with Gasteiger partial charge in [-0.15, -0.1) is 0 Å². The van der Waals surface area contributed by atoms with Gasteiger partial charge >= 0.3 is 0 Å². The van der Waals surface area contributed by atoms with Gasteiger partial charge in [0.05, 0.1) is 5.69 Å². The summed E-state index contributed by atoms with van der Waals surface area (Å²) in [4.78, 5) is 4.86. The molecule has 0 saturated heterocycles. The Hall–Kier alpha value is -5.80. The van der Waals surface area contributed by atoms with Crippen LogP contribution in [0.1, 0.15) is 134 Å². The normalized spacial score (nSPS) is 16.8. The van der Waals surface area contributed by atoms with E-state index < -0.39 is 6.85 Å². The molecular weight excluding hydrogens is 784 g/mol. The molecule has 1 aliphatic carbocycles. The van der Waals surface area contributed by atoms with E-state index in [0.29, 0.717) is 5.56 Å². The van der Waals surface area contributed by atoms with E-state index >= 15 is 0 Å². The van der Waals surface area contributed by atoms with E-state index in [-0.39, 0.29) is 33.8 Å². The Kier molecular flexibility index (Phi) is 8.89. The van der Waals surface area contributed by atoms with Crippen LogP contribution in [-0.4, -0.2) is 6.71 Å². The van der Waals surface area contributed by atoms with Crippen molar-refractivity contribution in [3.63, 3.8) is 0 Å². The third kappa shape index (κ3) is 7.08. The molecule has 0 N–H and O–H groups in total. The van der Waals surface area contributed by atoms with E-state index in [4.69, 9.17) is 0 Å². The van der Waals surface area contributed by atoms with Crippen molar-refractivity contribution in [2.75, 3.05) is 9.80 Å². The van der Waals surface area contributed by atoms with Crippen molar-refractivity contribution >= 4 is 57.2 Å². The first kappa shape index (κ1) is 39.6. The SMILES string of the molecule is [2H]C([2H])([2H])c1cc2c3c(c1)N(c1c(-c4ccccc4)cc(C(C)(C)C)cc1-c1ccccc1)c1cc4c(cc1B3c1cc(C(C)(C)C)ccc1N2c1ccc(C(C)(C)C)cc1)C(C)(C)CC4(C)C. The summed E-state index contributed by atoms with van der Waals surface area (Å²) >= 11 is 0. The van der Waals surface area contributed by atoms with Gasteiger partial charge in [-0.05, 0) is 150 Å².